The van der Waals surface area contributed by atoms with Crippen LogP contribution < -0.4 is 0 Å². The average molecular weight is 302 g/mol. The summed E-state index contributed by atoms with van der Waals surface area (Å²) in [5.74, 6) is 4.95. The molecule has 22 heavy (non-hydrogen) atoms. The number of hydrogen-bond donors (Lipinski definition) is 0. The molecule has 122 valence electrons. The SMILES string of the molecule is CC(=O)OC1=CCC2C1CCC1C2CCC2CCCCC21C. The van der Waals surface area contributed by atoms with Crippen LogP contribution in [0, 0.1) is 35.0 Å². The number of carbonyl (C=O) groups is 1. The van der Waals surface area contributed by atoms with E-state index in [2.05, 4.69) is 13.0 Å². The normalized spacial score (nSPS) is 47.0. The maximum atomic E-state index is 11.3. The third-order valence-corrected chi connectivity index (χ3v) is 7.74. The summed E-state index contributed by atoms with van der Waals surface area (Å²) in [5, 5.41) is 0. The fraction of sp³-hybridized carbons (Fsp3) is 0.850. The van der Waals surface area contributed by atoms with E-state index in [0.717, 1.165) is 35.9 Å². The Balaban J connectivity index is 1.54. The van der Waals surface area contributed by atoms with Gasteiger partial charge in [0, 0.05) is 12.8 Å². The molecule has 3 saturated carbocycles. The van der Waals surface area contributed by atoms with Crippen molar-refractivity contribution in [3.8, 4) is 0 Å². The van der Waals surface area contributed by atoms with E-state index in [9.17, 15) is 4.79 Å². The average Bonchev–Trinajstić information content (AvgIpc) is 2.89. The van der Waals surface area contributed by atoms with Gasteiger partial charge in [-0.2, -0.15) is 0 Å². The first-order valence-electron chi connectivity index (χ1n) is 9.48. The second-order valence-corrected chi connectivity index (χ2v) is 8.58. The van der Waals surface area contributed by atoms with Crippen molar-refractivity contribution in [2.75, 3.05) is 0 Å². The standard InChI is InChI=1S/C20H30O2/c1-13(21)22-19-11-9-15-16-7-6-14-5-3-4-12-20(14,2)18(16)10-8-17(15)19/h11,14-18H,3-10,12H2,1-2H3. The molecule has 2 nitrogen and oxygen atoms in total. The lowest BCUT2D eigenvalue weighted by atomic mass is 9.47. The monoisotopic (exact) mass is 302 g/mol. The molecule has 0 aliphatic heterocycles. The Morgan fingerprint density at radius 2 is 2.00 bits per heavy atom. The minimum Gasteiger partial charge on any atom is -0.431 e. The van der Waals surface area contributed by atoms with Crippen LogP contribution in [0.15, 0.2) is 11.8 Å². The molecular weight excluding hydrogens is 272 g/mol. The highest BCUT2D eigenvalue weighted by Crippen LogP contribution is 2.63. The van der Waals surface area contributed by atoms with Gasteiger partial charge in [0.15, 0.2) is 0 Å². The number of allylic oxidation sites excluding steroid dienone is 2. The zero-order chi connectivity index (χ0) is 15.3. The maximum Gasteiger partial charge on any atom is 0.307 e. The Kier molecular flexibility index (Phi) is 3.62. The smallest absolute Gasteiger partial charge is 0.307 e. The second kappa shape index (κ2) is 5.39. The van der Waals surface area contributed by atoms with Gasteiger partial charge in [-0.1, -0.05) is 19.8 Å². The number of esters is 1. The molecule has 0 aromatic carbocycles. The van der Waals surface area contributed by atoms with Gasteiger partial charge in [0.2, 0.25) is 0 Å². The first-order chi connectivity index (χ1) is 10.6. The quantitative estimate of drug-likeness (QED) is 0.631. The van der Waals surface area contributed by atoms with Crippen LogP contribution in [0.2, 0.25) is 0 Å². The zero-order valence-electron chi connectivity index (χ0n) is 14.1. The zero-order valence-corrected chi connectivity index (χ0v) is 14.1. The van der Waals surface area contributed by atoms with Gasteiger partial charge in [0.25, 0.3) is 0 Å². The summed E-state index contributed by atoms with van der Waals surface area (Å²) in [5.41, 5.74) is 0.607. The molecule has 0 spiro atoms. The first kappa shape index (κ1) is 14.8. The highest BCUT2D eigenvalue weighted by molar-refractivity contribution is 5.67. The second-order valence-electron chi connectivity index (χ2n) is 8.58. The fourth-order valence-electron chi connectivity index (χ4n) is 6.78. The van der Waals surface area contributed by atoms with Crippen molar-refractivity contribution in [1.82, 2.24) is 0 Å². The summed E-state index contributed by atoms with van der Waals surface area (Å²) < 4.78 is 5.51. The van der Waals surface area contributed by atoms with Crippen molar-refractivity contribution in [2.45, 2.75) is 71.6 Å². The van der Waals surface area contributed by atoms with Crippen LogP contribution >= 0.6 is 0 Å². The van der Waals surface area contributed by atoms with E-state index >= 15 is 0 Å². The van der Waals surface area contributed by atoms with Crippen LogP contribution in [-0.2, 0) is 9.53 Å². The number of hydrogen-bond acceptors (Lipinski definition) is 2. The lowest BCUT2D eigenvalue weighted by Gasteiger charge is -2.58. The van der Waals surface area contributed by atoms with E-state index in [1.807, 2.05) is 0 Å². The predicted molar refractivity (Wildman–Crippen MR) is 87.0 cm³/mol. The highest BCUT2D eigenvalue weighted by Gasteiger charge is 2.54. The lowest BCUT2D eigenvalue weighted by molar-refractivity contribution is -0.139. The molecule has 3 fully saturated rings. The molecule has 4 aliphatic carbocycles. The third-order valence-electron chi connectivity index (χ3n) is 7.74. The summed E-state index contributed by atoms with van der Waals surface area (Å²) in [6, 6.07) is 0. The lowest BCUT2D eigenvalue weighted by Crippen LogP contribution is -2.50. The van der Waals surface area contributed by atoms with Crippen molar-refractivity contribution in [3.63, 3.8) is 0 Å². The van der Waals surface area contributed by atoms with Crippen LogP contribution in [0.5, 0.6) is 0 Å². The predicted octanol–water partition coefficient (Wildman–Crippen LogP) is 5.09. The molecule has 0 bridgehead atoms. The van der Waals surface area contributed by atoms with Crippen molar-refractivity contribution < 1.29 is 9.53 Å². The molecule has 0 radical (unpaired) electrons. The molecule has 4 aliphatic rings. The number of rotatable bonds is 1. The molecular formula is C20H30O2. The Morgan fingerprint density at radius 1 is 1.14 bits per heavy atom. The minimum absolute atomic E-state index is 0.142. The van der Waals surface area contributed by atoms with Gasteiger partial charge in [-0.3, -0.25) is 4.79 Å². The molecule has 2 heteroatoms. The van der Waals surface area contributed by atoms with Crippen molar-refractivity contribution >= 4 is 5.97 Å². The molecule has 4 rings (SSSR count). The van der Waals surface area contributed by atoms with Crippen LogP contribution in [-0.4, -0.2) is 5.97 Å². The van der Waals surface area contributed by atoms with Crippen LogP contribution in [0.4, 0.5) is 0 Å². The summed E-state index contributed by atoms with van der Waals surface area (Å²) >= 11 is 0. The topological polar surface area (TPSA) is 26.3 Å². The van der Waals surface area contributed by atoms with E-state index in [4.69, 9.17) is 4.74 Å². The van der Waals surface area contributed by atoms with Crippen LogP contribution in [0.25, 0.3) is 0 Å². The van der Waals surface area contributed by atoms with Gasteiger partial charge in [-0.05, 0) is 80.1 Å². The van der Waals surface area contributed by atoms with Crippen molar-refractivity contribution in [2.24, 2.45) is 35.0 Å². The van der Waals surface area contributed by atoms with Crippen molar-refractivity contribution in [1.29, 1.82) is 0 Å². The Hall–Kier alpha value is -0.790. The number of carbonyl (C=O) groups excluding carboxylic acids is 1. The van der Waals surface area contributed by atoms with Gasteiger partial charge in [0.05, 0.1) is 0 Å². The Bertz CT molecular complexity index is 494. The van der Waals surface area contributed by atoms with Gasteiger partial charge < -0.3 is 4.74 Å². The molecule has 0 aromatic heterocycles. The van der Waals surface area contributed by atoms with Crippen molar-refractivity contribution in [3.05, 3.63) is 11.8 Å². The van der Waals surface area contributed by atoms with Gasteiger partial charge in [0.1, 0.15) is 5.76 Å². The molecule has 0 N–H and O–H groups in total. The maximum absolute atomic E-state index is 11.3. The minimum atomic E-state index is -0.142. The molecule has 0 saturated heterocycles. The van der Waals surface area contributed by atoms with E-state index in [0.29, 0.717) is 11.3 Å². The van der Waals surface area contributed by atoms with Crippen LogP contribution in [0.3, 0.4) is 0 Å². The molecule has 0 heterocycles. The molecule has 6 atom stereocenters. The van der Waals surface area contributed by atoms with Gasteiger partial charge in [-0.15, -0.1) is 0 Å². The van der Waals surface area contributed by atoms with E-state index in [1.54, 1.807) is 0 Å². The largest absolute Gasteiger partial charge is 0.431 e. The van der Waals surface area contributed by atoms with E-state index in [-0.39, 0.29) is 5.97 Å². The third kappa shape index (κ3) is 2.17. The molecule has 6 unspecified atom stereocenters. The van der Waals surface area contributed by atoms with Crippen LogP contribution in [0.1, 0.15) is 71.6 Å². The number of ether oxygens (including phenoxy) is 1. The van der Waals surface area contributed by atoms with Gasteiger partial charge >= 0.3 is 5.97 Å². The first-order valence-corrected chi connectivity index (χ1v) is 9.48. The summed E-state index contributed by atoms with van der Waals surface area (Å²) in [7, 11) is 0. The number of fused-ring (bicyclic) bond motifs is 5. The van der Waals surface area contributed by atoms with E-state index in [1.165, 1.54) is 58.3 Å². The molecule has 0 aromatic rings. The summed E-state index contributed by atoms with van der Waals surface area (Å²) in [6.07, 6.45) is 14.7. The Labute approximate surface area is 134 Å². The van der Waals surface area contributed by atoms with Gasteiger partial charge in [-0.25, -0.2) is 0 Å². The fourth-order valence-corrected chi connectivity index (χ4v) is 6.78. The Morgan fingerprint density at radius 3 is 2.82 bits per heavy atom. The summed E-state index contributed by atoms with van der Waals surface area (Å²) in [4.78, 5) is 11.3. The molecule has 0 amide bonds. The summed E-state index contributed by atoms with van der Waals surface area (Å²) in [6.45, 7) is 4.15. The highest BCUT2D eigenvalue weighted by atomic mass is 16.5. The van der Waals surface area contributed by atoms with E-state index < -0.39 is 0 Å².